The Morgan fingerprint density at radius 1 is 1.28 bits per heavy atom. The lowest BCUT2D eigenvalue weighted by Gasteiger charge is -2.32. The molecular weight excluding hydrogens is 424 g/mol. The minimum absolute atomic E-state index is 0.111. The Kier molecular flexibility index (Phi) is 6.76. The normalized spacial score (nSPS) is 18.8. The lowest BCUT2D eigenvalue weighted by atomic mass is 10.0. The first kappa shape index (κ1) is 21.9. The fraction of sp³-hybridized carbons (Fsp3) is 0.500. The lowest BCUT2D eigenvalue weighted by Crippen LogP contribution is -2.38. The SMILES string of the molecule is Cc1c(/C=C2\SC(=S)N(CC(C)C)C2=O)c(N2CCSCC2)n(C)c(=O)c1C#N. The Morgan fingerprint density at radius 3 is 2.52 bits per heavy atom. The van der Waals surface area contributed by atoms with Crippen molar-refractivity contribution in [1.82, 2.24) is 9.47 Å². The van der Waals surface area contributed by atoms with E-state index in [1.165, 1.54) is 11.8 Å². The van der Waals surface area contributed by atoms with E-state index in [2.05, 4.69) is 4.90 Å². The number of nitrogens with zero attached hydrogens (tertiary/aromatic N) is 4. The highest BCUT2D eigenvalue weighted by Crippen LogP contribution is 2.36. The molecule has 0 saturated carbocycles. The first-order valence-electron chi connectivity index (χ1n) is 9.48. The van der Waals surface area contributed by atoms with Crippen LogP contribution in [0, 0.1) is 24.2 Å². The lowest BCUT2D eigenvalue weighted by molar-refractivity contribution is -0.122. The van der Waals surface area contributed by atoms with Crippen LogP contribution in [0.5, 0.6) is 0 Å². The van der Waals surface area contributed by atoms with Gasteiger partial charge < -0.3 is 4.90 Å². The Hall–Kier alpha value is -1.76. The second-order valence-electron chi connectivity index (χ2n) is 7.50. The zero-order valence-corrected chi connectivity index (χ0v) is 19.5. The van der Waals surface area contributed by atoms with Crippen LogP contribution in [0.15, 0.2) is 9.70 Å². The average molecular weight is 449 g/mol. The molecule has 1 aromatic rings. The van der Waals surface area contributed by atoms with E-state index in [1.54, 1.807) is 23.4 Å². The number of rotatable bonds is 4. The zero-order valence-electron chi connectivity index (χ0n) is 17.0. The second-order valence-corrected chi connectivity index (χ2v) is 10.4. The quantitative estimate of drug-likeness (QED) is 0.518. The maximum atomic E-state index is 13.0. The number of thiocarbonyl (C=S) groups is 1. The van der Waals surface area contributed by atoms with Crippen LogP contribution >= 0.6 is 35.7 Å². The predicted octanol–water partition coefficient (Wildman–Crippen LogP) is 2.98. The molecule has 0 aromatic carbocycles. The van der Waals surface area contributed by atoms with Gasteiger partial charge in [-0.05, 0) is 24.5 Å². The molecule has 29 heavy (non-hydrogen) atoms. The van der Waals surface area contributed by atoms with Gasteiger partial charge in [-0.3, -0.25) is 19.1 Å². The summed E-state index contributed by atoms with van der Waals surface area (Å²) in [6, 6.07) is 2.04. The van der Waals surface area contributed by atoms with Gasteiger partial charge in [0.25, 0.3) is 11.5 Å². The molecule has 2 saturated heterocycles. The summed E-state index contributed by atoms with van der Waals surface area (Å²) in [5.41, 5.74) is 1.17. The van der Waals surface area contributed by atoms with Gasteiger partial charge in [0.05, 0.1) is 4.91 Å². The molecule has 3 rings (SSSR count). The highest BCUT2D eigenvalue weighted by molar-refractivity contribution is 8.26. The van der Waals surface area contributed by atoms with Crippen molar-refractivity contribution in [3.63, 3.8) is 0 Å². The van der Waals surface area contributed by atoms with Crippen LogP contribution in [0.25, 0.3) is 6.08 Å². The minimum Gasteiger partial charge on any atom is -0.356 e. The number of anilines is 1. The molecule has 0 bridgehead atoms. The predicted molar refractivity (Wildman–Crippen MR) is 125 cm³/mol. The molecule has 6 nitrogen and oxygen atoms in total. The van der Waals surface area contributed by atoms with Crippen molar-refractivity contribution >= 4 is 57.9 Å². The van der Waals surface area contributed by atoms with Crippen LogP contribution < -0.4 is 10.5 Å². The standard InChI is InChI=1S/C20H24N4O2S3/c1-12(2)11-24-19(26)16(29-20(24)27)9-14-13(3)15(10-21)18(25)22(4)17(14)23-5-7-28-8-6-23/h9,12H,5-8,11H2,1-4H3/b16-9-. The average Bonchev–Trinajstić information content (AvgIpc) is 2.94. The maximum absolute atomic E-state index is 13.0. The molecule has 154 valence electrons. The Labute approximate surface area is 184 Å². The van der Waals surface area contributed by atoms with Crippen molar-refractivity contribution in [2.45, 2.75) is 20.8 Å². The van der Waals surface area contributed by atoms with Crippen LogP contribution in [0.3, 0.4) is 0 Å². The Bertz CT molecular complexity index is 985. The number of hydrogen-bond donors (Lipinski definition) is 0. The number of amides is 1. The van der Waals surface area contributed by atoms with Gasteiger partial charge in [0.2, 0.25) is 0 Å². The number of thioether (sulfide) groups is 2. The van der Waals surface area contributed by atoms with Crippen molar-refractivity contribution in [2.75, 3.05) is 36.0 Å². The summed E-state index contributed by atoms with van der Waals surface area (Å²) < 4.78 is 2.09. The fourth-order valence-electron chi connectivity index (χ4n) is 3.52. The van der Waals surface area contributed by atoms with Crippen LogP contribution in [-0.4, -0.2) is 50.8 Å². The summed E-state index contributed by atoms with van der Waals surface area (Å²) in [4.78, 5) is 30.1. The molecule has 0 unspecified atom stereocenters. The zero-order chi connectivity index (χ0) is 21.3. The number of carbonyl (C=O) groups excluding carboxylic acids is 1. The molecule has 1 amide bonds. The first-order chi connectivity index (χ1) is 13.8. The molecule has 3 heterocycles. The van der Waals surface area contributed by atoms with Crippen LogP contribution in [0.4, 0.5) is 5.82 Å². The topological polar surface area (TPSA) is 69.3 Å². The third kappa shape index (κ3) is 4.25. The molecule has 1 aromatic heterocycles. The number of nitriles is 1. The molecule has 2 aliphatic rings. The van der Waals surface area contributed by atoms with Gasteiger partial charge in [0.1, 0.15) is 21.8 Å². The monoisotopic (exact) mass is 448 g/mol. The molecule has 0 atom stereocenters. The number of hydrogen-bond acceptors (Lipinski definition) is 7. The van der Waals surface area contributed by atoms with Gasteiger partial charge >= 0.3 is 0 Å². The summed E-state index contributed by atoms with van der Waals surface area (Å²) in [6.07, 6.45) is 1.81. The van der Waals surface area contributed by atoms with E-state index >= 15 is 0 Å². The second kappa shape index (κ2) is 8.94. The fourth-order valence-corrected chi connectivity index (χ4v) is 5.68. The molecule has 2 aliphatic heterocycles. The first-order valence-corrected chi connectivity index (χ1v) is 11.9. The number of carbonyl (C=O) groups is 1. The highest BCUT2D eigenvalue weighted by Gasteiger charge is 2.33. The van der Waals surface area contributed by atoms with Crippen molar-refractivity contribution in [2.24, 2.45) is 13.0 Å². The van der Waals surface area contributed by atoms with Crippen molar-refractivity contribution in [1.29, 1.82) is 5.26 Å². The third-order valence-corrected chi connectivity index (χ3v) is 7.30. The maximum Gasteiger partial charge on any atom is 0.270 e. The summed E-state index contributed by atoms with van der Waals surface area (Å²) >= 11 is 8.59. The molecule has 0 radical (unpaired) electrons. The van der Waals surface area contributed by atoms with E-state index in [0.29, 0.717) is 27.3 Å². The van der Waals surface area contributed by atoms with E-state index in [-0.39, 0.29) is 17.0 Å². The highest BCUT2D eigenvalue weighted by atomic mass is 32.2. The molecular formula is C20H24N4O2S3. The van der Waals surface area contributed by atoms with Gasteiger partial charge in [-0.15, -0.1) is 0 Å². The van der Waals surface area contributed by atoms with Crippen molar-refractivity contribution in [3.05, 3.63) is 31.9 Å². The summed E-state index contributed by atoms with van der Waals surface area (Å²) in [5.74, 6) is 2.91. The van der Waals surface area contributed by atoms with Gasteiger partial charge in [0, 0.05) is 43.8 Å². The summed E-state index contributed by atoms with van der Waals surface area (Å²) in [7, 11) is 1.70. The molecule has 0 spiro atoms. The van der Waals surface area contributed by atoms with Crippen LogP contribution in [0.1, 0.15) is 30.5 Å². The van der Waals surface area contributed by atoms with Gasteiger partial charge in [0.15, 0.2) is 0 Å². The van der Waals surface area contributed by atoms with E-state index < -0.39 is 0 Å². The molecule has 9 heteroatoms. The third-order valence-electron chi connectivity index (χ3n) is 4.98. The Morgan fingerprint density at radius 2 is 1.93 bits per heavy atom. The summed E-state index contributed by atoms with van der Waals surface area (Å²) in [6.45, 7) is 8.09. The largest absolute Gasteiger partial charge is 0.356 e. The van der Waals surface area contributed by atoms with E-state index in [0.717, 1.165) is 36.0 Å². The van der Waals surface area contributed by atoms with E-state index in [1.807, 2.05) is 37.8 Å². The van der Waals surface area contributed by atoms with Crippen LogP contribution in [-0.2, 0) is 11.8 Å². The summed E-state index contributed by atoms with van der Waals surface area (Å²) in [5, 5.41) is 9.54. The Balaban J connectivity index is 2.16. The van der Waals surface area contributed by atoms with E-state index in [4.69, 9.17) is 12.2 Å². The van der Waals surface area contributed by atoms with Crippen molar-refractivity contribution in [3.8, 4) is 6.07 Å². The van der Waals surface area contributed by atoms with Gasteiger partial charge in [-0.2, -0.15) is 17.0 Å². The number of aromatic nitrogens is 1. The smallest absolute Gasteiger partial charge is 0.270 e. The van der Waals surface area contributed by atoms with E-state index in [9.17, 15) is 14.9 Å². The molecule has 0 N–H and O–H groups in total. The van der Waals surface area contributed by atoms with Crippen LogP contribution in [0.2, 0.25) is 0 Å². The number of pyridine rings is 1. The van der Waals surface area contributed by atoms with Gasteiger partial charge in [-0.25, -0.2) is 0 Å². The van der Waals surface area contributed by atoms with Gasteiger partial charge in [-0.1, -0.05) is 37.8 Å². The van der Waals surface area contributed by atoms with Crippen molar-refractivity contribution < 1.29 is 4.79 Å². The molecule has 0 aliphatic carbocycles. The molecule has 2 fully saturated rings. The minimum atomic E-state index is -0.303.